The van der Waals surface area contributed by atoms with Crippen molar-refractivity contribution in [3.8, 4) is 0 Å². The van der Waals surface area contributed by atoms with Crippen LogP contribution in [0.3, 0.4) is 0 Å². The second-order valence-corrected chi connectivity index (χ2v) is 4.59. The molecule has 1 heterocycles. The summed E-state index contributed by atoms with van der Waals surface area (Å²) in [5, 5.41) is 29.0. The van der Waals surface area contributed by atoms with Gasteiger partial charge in [0.25, 0.3) is 0 Å². The smallest absolute Gasteiger partial charge is 0.248 e. The van der Waals surface area contributed by atoms with Gasteiger partial charge in [-0.15, -0.1) is 0 Å². The van der Waals surface area contributed by atoms with Gasteiger partial charge in [0.05, 0.1) is 19.3 Å². The predicted molar refractivity (Wildman–Crippen MR) is 66.5 cm³/mol. The van der Waals surface area contributed by atoms with E-state index in [4.69, 9.17) is 15.6 Å². The summed E-state index contributed by atoms with van der Waals surface area (Å²) in [5.74, 6) is -1.15. The molecule has 0 aliphatic carbocycles. The Morgan fingerprint density at radius 1 is 1.32 bits per heavy atom. The number of hydrogen-bond donors (Lipinski definition) is 4. The van der Waals surface area contributed by atoms with Crippen molar-refractivity contribution in [2.24, 2.45) is 5.73 Å². The van der Waals surface area contributed by atoms with Gasteiger partial charge in [-0.3, -0.25) is 4.79 Å². The van der Waals surface area contributed by atoms with Gasteiger partial charge in [-0.1, -0.05) is 18.2 Å². The van der Waals surface area contributed by atoms with Crippen LogP contribution in [0.4, 0.5) is 0 Å². The Kier molecular flexibility index (Phi) is 4.16. The maximum atomic E-state index is 11.4. The van der Waals surface area contributed by atoms with Crippen LogP contribution in [-0.4, -0.2) is 52.8 Å². The quantitative estimate of drug-likeness (QED) is 0.560. The molecule has 0 saturated carbocycles. The van der Waals surface area contributed by atoms with Crippen molar-refractivity contribution in [2.75, 3.05) is 13.2 Å². The zero-order valence-electron chi connectivity index (χ0n) is 10.3. The van der Waals surface area contributed by atoms with Crippen LogP contribution in [0.15, 0.2) is 24.3 Å². The normalized spacial score (nSPS) is 31.1. The molecule has 6 nitrogen and oxygen atoms in total. The minimum Gasteiger partial charge on any atom is -0.394 e. The van der Waals surface area contributed by atoms with Crippen LogP contribution in [0.1, 0.15) is 21.8 Å². The number of rotatable bonds is 3. The number of carbonyl (C=O) groups is 1. The van der Waals surface area contributed by atoms with E-state index in [1.165, 1.54) is 0 Å². The molecular formula is C13H17NO5. The van der Waals surface area contributed by atoms with Crippen LogP contribution in [0, 0.1) is 0 Å². The second-order valence-electron chi connectivity index (χ2n) is 4.59. The minimum absolute atomic E-state index is 0.105. The summed E-state index contributed by atoms with van der Waals surface area (Å²) in [5.41, 5.74) is 6.13. The Morgan fingerprint density at radius 3 is 2.63 bits per heavy atom. The summed E-state index contributed by atoms with van der Waals surface area (Å²) in [6.45, 7) is -0.268. The van der Waals surface area contributed by atoms with Gasteiger partial charge in [-0.05, 0) is 11.6 Å². The van der Waals surface area contributed by atoms with Crippen molar-refractivity contribution < 1.29 is 24.9 Å². The van der Waals surface area contributed by atoms with E-state index in [0.717, 1.165) is 0 Å². The van der Waals surface area contributed by atoms with Gasteiger partial charge in [-0.25, -0.2) is 0 Å². The molecule has 4 atom stereocenters. The lowest BCUT2D eigenvalue weighted by molar-refractivity contribution is -0.158. The van der Waals surface area contributed by atoms with Crippen molar-refractivity contribution in [3.63, 3.8) is 0 Å². The third kappa shape index (κ3) is 2.62. The summed E-state index contributed by atoms with van der Waals surface area (Å²) >= 11 is 0. The van der Waals surface area contributed by atoms with Crippen LogP contribution in [0.25, 0.3) is 0 Å². The van der Waals surface area contributed by atoms with E-state index in [9.17, 15) is 15.0 Å². The molecule has 0 radical (unpaired) electrons. The zero-order chi connectivity index (χ0) is 14.0. The number of benzene rings is 1. The van der Waals surface area contributed by atoms with Crippen LogP contribution >= 0.6 is 0 Å². The van der Waals surface area contributed by atoms with Gasteiger partial charge in [-0.2, -0.15) is 0 Å². The van der Waals surface area contributed by atoms with E-state index < -0.39 is 30.1 Å². The van der Waals surface area contributed by atoms with E-state index in [2.05, 4.69) is 0 Å². The third-order valence-electron chi connectivity index (χ3n) is 3.44. The van der Waals surface area contributed by atoms with Crippen LogP contribution in [0.2, 0.25) is 0 Å². The van der Waals surface area contributed by atoms with Crippen LogP contribution in [0.5, 0.6) is 0 Å². The fourth-order valence-electron chi connectivity index (χ4n) is 2.36. The number of carbonyl (C=O) groups excluding carboxylic acids is 1. The molecule has 1 saturated heterocycles. The van der Waals surface area contributed by atoms with E-state index in [-0.39, 0.29) is 13.2 Å². The largest absolute Gasteiger partial charge is 0.394 e. The Hall–Kier alpha value is -1.47. The molecule has 104 valence electrons. The monoisotopic (exact) mass is 267 g/mol. The zero-order valence-corrected chi connectivity index (χ0v) is 10.3. The molecule has 0 spiro atoms. The molecule has 1 aliphatic rings. The fourth-order valence-corrected chi connectivity index (χ4v) is 2.36. The van der Waals surface area contributed by atoms with E-state index in [1.807, 2.05) is 0 Å². The fraction of sp³-hybridized carbons (Fsp3) is 0.462. The summed E-state index contributed by atoms with van der Waals surface area (Å²) in [6, 6.07) is 6.63. The molecule has 1 amide bonds. The first-order chi connectivity index (χ1) is 9.06. The van der Waals surface area contributed by atoms with Crippen molar-refractivity contribution in [3.05, 3.63) is 35.4 Å². The highest BCUT2D eigenvalue weighted by molar-refractivity contribution is 5.94. The van der Waals surface area contributed by atoms with Gasteiger partial charge in [0.15, 0.2) is 0 Å². The van der Waals surface area contributed by atoms with Gasteiger partial charge in [0.2, 0.25) is 5.91 Å². The number of hydrogen-bond acceptors (Lipinski definition) is 5. The Morgan fingerprint density at radius 2 is 2.00 bits per heavy atom. The minimum atomic E-state index is -1.20. The van der Waals surface area contributed by atoms with E-state index >= 15 is 0 Å². The van der Waals surface area contributed by atoms with Gasteiger partial charge in [0.1, 0.15) is 12.2 Å². The molecule has 19 heavy (non-hydrogen) atoms. The summed E-state index contributed by atoms with van der Waals surface area (Å²) < 4.78 is 5.30. The highest BCUT2D eigenvalue weighted by Crippen LogP contribution is 2.31. The average Bonchev–Trinajstić information content (AvgIpc) is 2.42. The predicted octanol–water partition coefficient (Wildman–Crippen LogP) is -1.02. The molecule has 0 unspecified atom stereocenters. The lowest BCUT2D eigenvalue weighted by Crippen LogP contribution is -2.50. The Balaban J connectivity index is 2.30. The molecular weight excluding hydrogens is 250 g/mol. The van der Waals surface area contributed by atoms with Crippen molar-refractivity contribution in [2.45, 2.75) is 24.2 Å². The average molecular weight is 267 g/mol. The Bertz CT molecular complexity index is 464. The molecule has 2 rings (SSSR count). The number of primary amides is 1. The molecule has 1 aliphatic heterocycles. The molecule has 1 fully saturated rings. The Labute approximate surface area is 110 Å². The summed E-state index contributed by atoms with van der Waals surface area (Å²) in [7, 11) is 0. The second kappa shape index (κ2) is 5.66. The molecule has 1 aromatic carbocycles. The lowest BCUT2D eigenvalue weighted by Gasteiger charge is -2.37. The molecule has 6 heteroatoms. The van der Waals surface area contributed by atoms with Gasteiger partial charge < -0.3 is 25.8 Å². The van der Waals surface area contributed by atoms with Crippen molar-refractivity contribution >= 4 is 5.91 Å². The topological polar surface area (TPSA) is 113 Å². The van der Waals surface area contributed by atoms with Crippen molar-refractivity contribution in [1.82, 2.24) is 0 Å². The number of nitrogens with two attached hydrogens (primary N) is 1. The highest BCUT2D eigenvalue weighted by atomic mass is 16.5. The number of aliphatic hydroxyl groups excluding tert-OH is 3. The highest BCUT2D eigenvalue weighted by Gasteiger charge is 2.39. The first-order valence-electron chi connectivity index (χ1n) is 6.03. The van der Waals surface area contributed by atoms with E-state index in [1.54, 1.807) is 24.3 Å². The van der Waals surface area contributed by atoms with Crippen LogP contribution < -0.4 is 5.73 Å². The van der Waals surface area contributed by atoms with Crippen LogP contribution in [-0.2, 0) is 4.74 Å². The van der Waals surface area contributed by atoms with Gasteiger partial charge >= 0.3 is 0 Å². The van der Waals surface area contributed by atoms with E-state index in [0.29, 0.717) is 11.1 Å². The molecule has 5 N–H and O–H groups in total. The standard InChI is InChI=1S/C13H17NO5/c14-13(18)8-4-2-1-3-7(8)9-6-19-10(5-15)12(17)11(9)16/h1-4,9-12,15-17H,5-6H2,(H2,14,18)/t9-,10-,11-,12+/m1/s1. The first kappa shape index (κ1) is 14.0. The maximum absolute atomic E-state index is 11.4. The lowest BCUT2D eigenvalue weighted by atomic mass is 9.84. The third-order valence-corrected chi connectivity index (χ3v) is 3.44. The SMILES string of the molecule is NC(=O)c1ccccc1[C@H]1CO[C@H](CO)[C@H](O)[C@@H]1O. The van der Waals surface area contributed by atoms with Crippen molar-refractivity contribution in [1.29, 1.82) is 0 Å². The summed E-state index contributed by atoms with van der Waals surface area (Å²) in [6.07, 6.45) is -3.14. The molecule has 0 bridgehead atoms. The molecule has 0 aromatic heterocycles. The number of ether oxygens (including phenoxy) is 1. The van der Waals surface area contributed by atoms with Gasteiger partial charge in [0, 0.05) is 11.5 Å². The summed E-state index contributed by atoms with van der Waals surface area (Å²) in [4.78, 5) is 11.4. The maximum Gasteiger partial charge on any atom is 0.248 e. The molecule has 1 aromatic rings. The number of amides is 1. The first-order valence-corrected chi connectivity index (χ1v) is 6.03. The number of aliphatic hydroxyl groups is 3.